The highest BCUT2D eigenvalue weighted by Crippen LogP contribution is 2.43. The standard InChI is InChI=1S/C19H22BrN5O4/c20-14-1-2-16(23-8-14)25-9-12-5-11(6-13(12)10-25)3-4-22-19(27)28-17-7-15(18(21)26)24-29-17/h1-2,7-8,11-13H,3-6,9-10H2,(H2,21,26)(H,22,27)/t11?,12-,13+. The molecule has 4 rings (SSSR count). The van der Waals surface area contributed by atoms with Gasteiger partial charge in [0.1, 0.15) is 5.82 Å². The molecule has 1 saturated heterocycles. The van der Waals surface area contributed by atoms with Gasteiger partial charge < -0.3 is 25.2 Å². The van der Waals surface area contributed by atoms with Crippen molar-refractivity contribution in [1.82, 2.24) is 15.5 Å². The number of carbonyl (C=O) groups excluding carboxylic acids is 2. The molecule has 0 radical (unpaired) electrons. The number of nitrogens with two attached hydrogens (primary N) is 1. The highest BCUT2D eigenvalue weighted by atomic mass is 79.9. The molecule has 2 fully saturated rings. The molecule has 1 aliphatic carbocycles. The molecule has 2 aromatic heterocycles. The summed E-state index contributed by atoms with van der Waals surface area (Å²) >= 11 is 3.42. The van der Waals surface area contributed by atoms with Gasteiger partial charge in [0.05, 0.1) is 6.07 Å². The maximum atomic E-state index is 11.8. The second-order valence-corrected chi connectivity index (χ2v) is 8.51. The molecule has 0 aromatic carbocycles. The number of fused-ring (bicyclic) bond motifs is 1. The first-order valence-corrected chi connectivity index (χ1v) is 10.4. The van der Waals surface area contributed by atoms with Gasteiger partial charge in [0.2, 0.25) is 0 Å². The SMILES string of the molecule is NC(=O)c1cc(OC(=O)NCCC2C[C@@H]3CN(c4ccc(Br)cn4)C[C@@H]3C2)on1. The van der Waals surface area contributed by atoms with Gasteiger partial charge in [0.25, 0.3) is 5.91 Å². The van der Waals surface area contributed by atoms with Crippen LogP contribution < -0.4 is 20.7 Å². The number of primary amides is 1. The lowest BCUT2D eigenvalue weighted by molar-refractivity contribution is 0.0991. The smallest absolute Gasteiger partial charge is 0.374 e. The number of hydrogen-bond acceptors (Lipinski definition) is 7. The molecule has 10 heteroatoms. The van der Waals surface area contributed by atoms with Gasteiger partial charge in [0.15, 0.2) is 5.69 Å². The number of halogens is 1. The molecule has 3 N–H and O–H groups in total. The number of nitrogens with one attached hydrogen (secondary N) is 1. The normalized spacial score (nSPS) is 23.1. The van der Waals surface area contributed by atoms with E-state index in [2.05, 4.69) is 42.4 Å². The van der Waals surface area contributed by atoms with E-state index < -0.39 is 12.0 Å². The summed E-state index contributed by atoms with van der Waals surface area (Å²) in [5, 5.41) is 6.12. The van der Waals surface area contributed by atoms with Gasteiger partial charge in [-0.1, -0.05) is 5.16 Å². The first-order valence-electron chi connectivity index (χ1n) is 9.56. The number of aromatic nitrogens is 2. The summed E-state index contributed by atoms with van der Waals surface area (Å²) in [6, 6.07) is 5.27. The van der Waals surface area contributed by atoms with Crippen LogP contribution in [0.4, 0.5) is 10.6 Å². The van der Waals surface area contributed by atoms with Crippen molar-refractivity contribution >= 4 is 33.7 Å². The Labute approximate surface area is 176 Å². The van der Waals surface area contributed by atoms with Crippen molar-refractivity contribution in [2.75, 3.05) is 24.5 Å². The number of pyridine rings is 1. The van der Waals surface area contributed by atoms with Crippen molar-refractivity contribution in [3.63, 3.8) is 0 Å². The van der Waals surface area contributed by atoms with Crippen LogP contribution in [0.25, 0.3) is 0 Å². The molecule has 3 heterocycles. The molecule has 0 spiro atoms. The van der Waals surface area contributed by atoms with E-state index in [9.17, 15) is 9.59 Å². The number of anilines is 1. The second kappa shape index (κ2) is 8.40. The van der Waals surface area contributed by atoms with Gasteiger partial charge in [0, 0.05) is 30.3 Å². The van der Waals surface area contributed by atoms with Crippen molar-refractivity contribution in [1.29, 1.82) is 0 Å². The fraction of sp³-hybridized carbons (Fsp3) is 0.474. The largest absolute Gasteiger partial charge is 0.415 e. The lowest BCUT2D eigenvalue weighted by Gasteiger charge is -2.20. The van der Waals surface area contributed by atoms with E-state index >= 15 is 0 Å². The predicted molar refractivity (Wildman–Crippen MR) is 108 cm³/mol. The third kappa shape index (κ3) is 4.69. The van der Waals surface area contributed by atoms with Gasteiger partial charge in [-0.15, -0.1) is 0 Å². The van der Waals surface area contributed by atoms with Gasteiger partial charge >= 0.3 is 12.0 Å². The van der Waals surface area contributed by atoms with Crippen molar-refractivity contribution in [2.45, 2.75) is 19.3 Å². The first kappa shape index (κ1) is 19.7. The Morgan fingerprint density at radius 1 is 1.31 bits per heavy atom. The third-order valence-corrected chi connectivity index (χ3v) is 6.11. The molecule has 154 valence electrons. The van der Waals surface area contributed by atoms with Crippen molar-refractivity contribution < 1.29 is 18.8 Å². The topological polar surface area (TPSA) is 124 Å². The van der Waals surface area contributed by atoms with Crippen molar-refractivity contribution in [3.8, 4) is 5.95 Å². The molecule has 0 bridgehead atoms. The van der Waals surface area contributed by atoms with Crippen molar-refractivity contribution in [2.24, 2.45) is 23.5 Å². The molecule has 1 aliphatic heterocycles. The highest BCUT2D eigenvalue weighted by Gasteiger charge is 2.40. The monoisotopic (exact) mass is 463 g/mol. The molecule has 3 atom stereocenters. The fourth-order valence-electron chi connectivity index (χ4n) is 4.33. The Kier molecular flexibility index (Phi) is 5.70. The van der Waals surface area contributed by atoms with Crippen LogP contribution in [-0.4, -0.2) is 41.8 Å². The van der Waals surface area contributed by atoms with E-state index in [-0.39, 0.29) is 11.6 Å². The lowest BCUT2D eigenvalue weighted by atomic mass is 10.0. The molecular weight excluding hydrogens is 442 g/mol. The second-order valence-electron chi connectivity index (χ2n) is 7.60. The van der Waals surface area contributed by atoms with E-state index in [1.807, 2.05) is 12.3 Å². The van der Waals surface area contributed by atoms with Gasteiger partial charge in [-0.25, -0.2) is 9.78 Å². The maximum absolute atomic E-state index is 11.8. The van der Waals surface area contributed by atoms with Gasteiger partial charge in [-0.05, 0) is 65.1 Å². The van der Waals surface area contributed by atoms with Crippen LogP contribution in [-0.2, 0) is 0 Å². The minimum absolute atomic E-state index is 0.0855. The van der Waals surface area contributed by atoms with Crippen LogP contribution >= 0.6 is 15.9 Å². The Balaban J connectivity index is 1.17. The van der Waals surface area contributed by atoms with Crippen LogP contribution in [0, 0.1) is 17.8 Å². The molecule has 2 aromatic rings. The van der Waals surface area contributed by atoms with E-state index in [1.165, 1.54) is 18.9 Å². The Morgan fingerprint density at radius 2 is 2.07 bits per heavy atom. The minimum Gasteiger partial charge on any atom is -0.374 e. The number of amides is 2. The van der Waals surface area contributed by atoms with Gasteiger partial charge in [-0.2, -0.15) is 0 Å². The number of hydrogen-bond donors (Lipinski definition) is 2. The van der Waals surface area contributed by atoms with Crippen LogP contribution in [0.3, 0.4) is 0 Å². The number of carbonyl (C=O) groups is 2. The molecule has 1 unspecified atom stereocenters. The number of ether oxygens (including phenoxy) is 1. The summed E-state index contributed by atoms with van der Waals surface area (Å²) in [5.41, 5.74) is 4.98. The fourth-order valence-corrected chi connectivity index (χ4v) is 4.57. The molecular formula is C19H22BrN5O4. The minimum atomic E-state index is -0.745. The lowest BCUT2D eigenvalue weighted by Crippen LogP contribution is -2.29. The van der Waals surface area contributed by atoms with E-state index in [0.717, 1.165) is 29.8 Å². The Hall–Kier alpha value is -2.62. The first-order chi connectivity index (χ1) is 14.0. The summed E-state index contributed by atoms with van der Waals surface area (Å²) in [6.07, 6.45) is 4.44. The molecule has 1 saturated carbocycles. The number of nitrogens with zero attached hydrogens (tertiary/aromatic N) is 3. The Morgan fingerprint density at radius 3 is 2.69 bits per heavy atom. The third-order valence-electron chi connectivity index (χ3n) is 5.64. The summed E-state index contributed by atoms with van der Waals surface area (Å²) < 4.78 is 10.7. The molecule has 2 aliphatic rings. The molecule has 9 nitrogen and oxygen atoms in total. The van der Waals surface area contributed by atoms with E-state index in [4.69, 9.17) is 15.0 Å². The van der Waals surface area contributed by atoms with Gasteiger partial charge in [-0.3, -0.25) is 4.79 Å². The summed E-state index contributed by atoms with van der Waals surface area (Å²) in [5.74, 6) is 2.09. The van der Waals surface area contributed by atoms with Crippen molar-refractivity contribution in [3.05, 3.63) is 34.6 Å². The summed E-state index contributed by atoms with van der Waals surface area (Å²) in [4.78, 5) is 29.6. The Bertz CT molecular complexity index is 873. The molecule has 29 heavy (non-hydrogen) atoms. The zero-order chi connectivity index (χ0) is 20.4. The van der Waals surface area contributed by atoms with Crippen LogP contribution in [0.15, 0.2) is 33.4 Å². The van der Waals surface area contributed by atoms with Crippen LogP contribution in [0.5, 0.6) is 5.95 Å². The highest BCUT2D eigenvalue weighted by molar-refractivity contribution is 9.10. The quantitative estimate of drug-likeness (QED) is 0.674. The van der Waals surface area contributed by atoms with Crippen LogP contribution in [0.1, 0.15) is 29.8 Å². The molecule has 2 amide bonds. The maximum Gasteiger partial charge on any atom is 0.415 e. The summed E-state index contributed by atoms with van der Waals surface area (Å²) in [6.45, 7) is 2.61. The average molecular weight is 464 g/mol. The zero-order valence-electron chi connectivity index (χ0n) is 15.7. The number of rotatable bonds is 6. The zero-order valence-corrected chi connectivity index (χ0v) is 17.3. The van der Waals surface area contributed by atoms with Crippen LogP contribution in [0.2, 0.25) is 0 Å². The summed E-state index contributed by atoms with van der Waals surface area (Å²) in [7, 11) is 0. The predicted octanol–water partition coefficient (Wildman–Crippen LogP) is 2.57. The van der Waals surface area contributed by atoms with E-state index in [1.54, 1.807) is 0 Å². The van der Waals surface area contributed by atoms with E-state index in [0.29, 0.717) is 24.3 Å². The average Bonchev–Trinajstić information content (AvgIpc) is 3.37.